The van der Waals surface area contributed by atoms with Gasteiger partial charge in [0.05, 0.1) is 27.8 Å². The normalized spacial score (nSPS) is 13.2. The predicted molar refractivity (Wildman–Crippen MR) is 224 cm³/mol. The number of rotatable bonds is 4. The highest BCUT2D eigenvalue weighted by Crippen LogP contribution is 2.41. The van der Waals surface area contributed by atoms with Gasteiger partial charge in [-0.15, -0.1) is 0 Å². The van der Waals surface area contributed by atoms with Gasteiger partial charge in [-0.1, -0.05) is 134 Å². The minimum absolute atomic E-state index is 0.789. The van der Waals surface area contributed by atoms with Crippen molar-refractivity contribution >= 4 is 62.2 Å². The van der Waals surface area contributed by atoms with Crippen molar-refractivity contribution in [2.75, 3.05) is 0 Å². The van der Waals surface area contributed by atoms with Gasteiger partial charge in [-0.2, -0.15) is 0 Å². The Morgan fingerprint density at radius 2 is 0.981 bits per heavy atom. The molecule has 1 aliphatic rings. The van der Waals surface area contributed by atoms with Gasteiger partial charge in [0.1, 0.15) is 8.07 Å². The fraction of sp³-hybridized carbons (Fsp3) is 0.0417. The largest absolute Gasteiger partial charge is 0.309 e. The molecule has 0 aliphatic carbocycles. The summed E-state index contributed by atoms with van der Waals surface area (Å²) >= 11 is 0. The first kappa shape index (κ1) is 30.1. The van der Waals surface area contributed by atoms with Crippen LogP contribution in [0.15, 0.2) is 170 Å². The molecular weight excluding hydrogens is 661 g/mol. The minimum Gasteiger partial charge on any atom is -0.309 e. The maximum Gasteiger partial charge on any atom is 0.159 e. The van der Waals surface area contributed by atoms with Crippen LogP contribution in [0.2, 0.25) is 13.1 Å². The van der Waals surface area contributed by atoms with Crippen LogP contribution in [-0.4, -0.2) is 27.2 Å². The Morgan fingerprint density at radius 3 is 1.64 bits per heavy atom. The molecule has 0 radical (unpaired) electrons. The van der Waals surface area contributed by atoms with Gasteiger partial charge in [0.2, 0.25) is 0 Å². The molecule has 5 heteroatoms. The van der Waals surface area contributed by atoms with Crippen LogP contribution in [0.3, 0.4) is 0 Å². The summed E-state index contributed by atoms with van der Waals surface area (Å²) in [7, 11) is -2.05. The summed E-state index contributed by atoms with van der Waals surface area (Å²) in [4.78, 5) is 10.7. The van der Waals surface area contributed by atoms with Crippen molar-refractivity contribution in [3.05, 3.63) is 170 Å². The molecule has 0 atom stereocenters. The van der Waals surface area contributed by atoms with Crippen LogP contribution in [0.1, 0.15) is 0 Å². The molecule has 4 heterocycles. The van der Waals surface area contributed by atoms with Crippen LogP contribution < -0.4 is 10.5 Å². The molecule has 1 aliphatic heterocycles. The summed E-state index contributed by atoms with van der Waals surface area (Å²) in [5.74, 6) is 0.789. The van der Waals surface area contributed by atoms with E-state index in [2.05, 4.69) is 186 Å². The molecule has 0 spiro atoms. The van der Waals surface area contributed by atoms with Crippen LogP contribution in [-0.2, 0) is 0 Å². The molecule has 7 aromatic carbocycles. The van der Waals surface area contributed by atoms with E-state index in [1.807, 2.05) is 6.07 Å². The van der Waals surface area contributed by atoms with Crippen LogP contribution in [0.4, 0.5) is 0 Å². The van der Waals surface area contributed by atoms with Gasteiger partial charge in [0, 0.05) is 54.9 Å². The maximum atomic E-state index is 5.34. The Bertz CT molecular complexity index is 3070. The Labute approximate surface area is 308 Å². The fourth-order valence-electron chi connectivity index (χ4n) is 8.80. The van der Waals surface area contributed by atoms with E-state index >= 15 is 0 Å². The Hall–Kier alpha value is -6.56. The predicted octanol–water partition coefficient (Wildman–Crippen LogP) is 10.8. The third-order valence-corrected chi connectivity index (χ3v) is 14.6. The molecular formula is C48H34N4Si. The van der Waals surface area contributed by atoms with E-state index in [4.69, 9.17) is 9.97 Å². The summed E-state index contributed by atoms with van der Waals surface area (Å²) in [6.07, 6.45) is 0. The second kappa shape index (κ2) is 11.2. The van der Waals surface area contributed by atoms with E-state index in [1.165, 1.54) is 65.2 Å². The van der Waals surface area contributed by atoms with E-state index in [0.29, 0.717) is 0 Å². The number of hydrogen-bond donors (Lipinski definition) is 0. The first-order chi connectivity index (χ1) is 26.1. The standard InChI is InChI=1S/C48H34N4Si/c1-53(2)44-24-14-11-21-37(44)45-46(49-47(50-48(45)53)32-15-5-3-6-16-32)31-25-27-34(28-26-31)52-41-23-13-10-20-36(41)39-29-38-35-19-9-12-22-40(35)51(42(38)30-43(39)52)33-17-7-4-8-18-33/h3-30H,1-2H3. The molecule has 0 amide bonds. The lowest BCUT2D eigenvalue weighted by atomic mass is 10.00. The van der Waals surface area contributed by atoms with Gasteiger partial charge >= 0.3 is 0 Å². The average Bonchev–Trinajstić information content (AvgIpc) is 3.80. The lowest BCUT2D eigenvalue weighted by molar-refractivity contribution is 1.16. The highest BCUT2D eigenvalue weighted by Gasteiger charge is 2.41. The third kappa shape index (κ3) is 4.35. The lowest BCUT2D eigenvalue weighted by Crippen LogP contribution is -2.50. The highest BCUT2D eigenvalue weighted by atomic mass is 28.3. The zero-order valence-corrected chi connectivity index (χ0v) is 30.5. The van der Waals surface area contributed by atoms with Crippen LogP contribution in [0.25, 0.3) is 88.8 Å². The van der Waals surface area contributed by atoms with Crippen molar-refractivity contribution in [1.29, 1.82) is 0 Å². The Balaban J connectivity index is 1.14. The van der Waals surface area contributed by atoms with Crippen LogP contribution in [0, 0.1) is 0 Å². The van der Waals surface area contributed by atoms with Gasteiger partial charge in [0.15, 0.2) is 5.82 Å². The van der Waals surface area contributed by atoms with E-state index in [9.17, 15) is 0 Å². The third-order valence-electron chi connectivity index (χ3n) is 11.3. The van der Waals surface area contributed by atoms with Crippen molar-refractivity contribution in [2.24, 2.45) is 0 Å². The smallest absolute Gasteiger partial charge is 0.159 e. The molecule has 10 aromatic rings. The molecule has 0 bridgehead atoms. The maximum absolute atomic E-state index is 5.34. The minimum atomic E-state index is -2.05. The summed E-state index contributed by atoms with van der Waals surface area (Å²) in [5.41, 5.74) is 12.7. The molecule has 0 unspecified atom stereocenters. The fourth-order valence-corrected chi connectivity index (χ4v) is 11.7. The van der Waals surface area contributed by atoms with Gasteiger partial charge < -0.3 is 9.13 Å². The molecule has 0 saturated heterocycles. The van der Waals surface area contributed by atoms with E-state index in [1.54, 1.807) is 0 Å². The monoisotopic (exact) mass is 694 g/mol. The lowest BCUT2D eigenvalue weighted by Gasteiger charge is -2.19. The molecule has 3 aromatic heterocycles. The first-order valence-corrected chi connectivity index (χ1v) is 21.3. The summed E-state index contributed by atoms with van der Waals surface area (Å²) in [6.45, 7) is 4.84. The topological polar surface area (TPSA) is 35.6 Å². The SMILES string of the molecule is C[Si]1(C)c2ccccc2-c2c(-c3ccc(-n4c5ccccc5c5cc6c7ccccc7n(-c7ccccc7)c6cc54)cc3)nc(-c3ccccc3)nc21. The molecule has 11 rings (SSSR count). The van der Waals surface area contributed by atoms with E-state index in [-0.39, 0.29) is 0 Å². The van der Waals surface area contributed by atoms with E-state index in [0.717, 1.165) is 34.0 Å². The number of hydrogen-bond acceptors (Lipinski definition) is 2. The quantitative estimate of drug-likeness (QED) is 0.172. The summed E-state index contributed by atoms with van der Waals surface area (Å²) in [6, 6.07) is 61.3. The molecule has 250 valence electrons. The molecule has 0 fully saturated rings. The zero-order valence-electron chi connectivity index (χ0n) is 29.5. The van der Waals surface area contributed by atoms with Crippen molar-refractivity contribution in [3.63, 3.8) is 0 Å². The van der Waals surface area contributed by atoms with Crippen LogP contribution >= 0.6 is 0 Å². The molecule has 53 heavy (non-hydrogen) atoms. The molecule has 0 saturated carbocycles. The average molecular weight is 695 g/mol. The van der Waals surface area contributed by atoms with Crippen molar-refractivity contribution in [1.82, 2.24) is 19.1 Å². The van der Waals surface area contributed by atoms with Crippen molar-refractivity contribution in [3.8, 4) is 45.1 Å². The van der Waals surface area contributed by atoms with Crippen LogP contribution in [0.5, 0.6) is 0 Å². The Kier molecular flexibility index (Phi) is 6.37. The van der Waals surface area contributed by atoms with Gasteiger partial charge in [-0.25, -0.2) is 9.97 Å². The first-order valence-electron chi connectivity index (χ1n) is 18.3. The summed E-state index contributed by atoms with van der Waals surface area (Å²) < 4.78 is 4.82. The number of nitrogens with zero attached hydrogens (tertiary/aromatic N) is 4. The number of fused-ring (bicyclic) bond motifs is 9. The highest BCUT2D eigenvalue weighted by molar-refractivity contribution is 7.03. The van der Waals surface area contributed by atoms with Crippen molar-refractivity contribution < 1.29 is 0 Å². The molecule has 4 nitrogen and oxygen atoms in total. The number of benzene rings is 7. The Morgan fingerprint density at radius 1 is 0.434 bits per heavy atom. The van der Waals surface area contributed by atoms with E-state index < -0.39 is 8.07 Å². The van der Waals surface area contributed by atoms with Gasteiger partial charge in [-0.05, 0) is 59.3 Å². The number of para-hydroxylation sites is 3. The second-order valence-corrected chi connectivity index (χ2v) is 18.9. The second-order valence-electron chi connectivity index (χ2n) is 14.6. The summed E-state index contributed by atoms with van der Waals surface area (Å²) in [5, 5.41) is 7.65. The zero-order chi connectivity index (χ0) is 35.3. The number of aromatic nitrogens is 4. The van der Waals surface area contributed by atoms with Gasteiger partial charge in [0.25, 0.3) is 0 Å². The van der Waals surface area contributed by atoms with Gasteiger partial charge in [-0.3, -0.25) is 0 Å². The van der Waals surface area contributed by atoms with Crippen molar-refractivity contribution in [2.45, 2.75) is 13.1 Å². The molecule has 0 N–H and O–H groups in total.